The molecule has 0 atom stereocenters. The summed E-state index contributed by atoms with van der Waals surface area (Å²) in [6.07, 6.45) is -2.62. The fraction of sp³-hybridized carbons (Fsp3) is 0.400. The third-order valence-electron chi connectivity index (χ3n) is 2.03. The zero-order chi connectivity index (χ0) is 14.4. The van der Waals surface area contributed by atoms with E-state index in [2.05, 4.69) is 10.1 Å². The molecule has 106 valence electrons. The van der Waals surface area contributed by atoms with Crippen molar-refractivity contribution in [1.29, 1.82) is 0 Å². The molecule has 0 aliphatic carbocycles. The molecule has 1 N–H and O–H groups in total. The first-order chi connectivity index (χ1) is 8.91. The van der Waals surface area contributed by atoms with Gasteiger partial charge in [-0.3, -0.25) is 10.1 Å². The van der Waals surface area contributed by atoms with Crippen molar-refractivity contribution in [3.05, 3.63) is 33.9 Å². The number of non-ortho nitro benzene ring substituents is 1. The quantitative estimate of drug-likeness (QED) is 0.361. The summed E-state index contributed by atoms with van der Waals surface area (Å²) in [5.41, 5.74) is -1.28. The van der Waals surface area contributed by atoms with E-state index in [9.17, 15) is 27.7 Å². The van der Waals surface area contributed by atoms with E-state index in [1.54, 1.807) is 0 Å². The second kappa shape index (κ2) is 6.88. The van der Waals surface area contributed by atoms with Crippen LogP contribution in [-0.2, 0) is 4.74 Å². The highest BCUT2D eigenvalue weighted by molar-refractivity contribution is 5.51. The van der Waals surface area contributed by atoms with Crippen molar-refractivity contribution in [2.45, 2.75) is 6.43 Å². The number of nitrogens with one attached hydrogen (secondary N) is 1. The van der Waals surface area contributed by atoms with Crippen LogP contribution in [0, 0.1) is 21.7 Å². The van der Waals surface area contributed by atoms with Crippen LogP contribution in [0.1, 0.15) is 0 Å². The molecule has 0 radical (unpaired) electrons. The van der Waals surface area contributed by atoms with Crippen LogP contribution in [0.15, 0.2) is 12.1 Å². The lowest BCUT2D eigenvalue weighted by Crippen LogP contribution is -2.14. The van der Waals surface area contributed by atoms with Gasteiger partial charge in [0.1, 0.15) is 12.3 Å². The van der Waals surface area contributed by atoms with Crippen molar-refractivity contribution >= 4 is 11.4 Å². The Kier molecular flexibility index (Phi) is 5.49. The SMILES string of the molecule is O=[N+]([O-])c1cc(F)c(NCCOCC(F)F)c(F)c1. The third kappa shape index (κ3) is 4.70. The Morgan fingerprint density at radius 1 is 1.32 bits per heavy atom. The molecule has 1 aromatic carbocycles. The summed E-state index contributed by atoms with van der Waals surface area (Å²) in [5, 5.41) is 12.6. The van der Waals surface area contributed by atoms with Gasteiger partial charge in [0, 0.05) is 6.54 Å². The van der Waals surface area contributed by atoms with Gasteiger partial charge in [-0.05, 0) is 0 Å². The van der Waals surface area contributed by atoms with Gasteiger partial charge in [0.25, 0.3) is 12.1 Å². The number of hydrogen-bond donors (Lipinski definition) is 1. The molecule has 0 amide bonds. The van der Waals surface area contributed by atoms with E-state index >= 15 is 0 Å². The lowest BCUT2D eigenvalue weighted by atomic mass is 10.2. The van der Waals surface area contributed by atoms with Gasteiger partial charge in [-0.25, -0.2) is 17.6 Å². The molecule has 0 heterocycles. The van der Waals surface area contributed by atoms with Crippen LogP contribution >= 0.6 is 0 Å². The zero-order valence-corrected chi connectivity index (χ0v) is 9.54. The van der Waals surface area contributed by atoms with Crippen molar-refractivity contribution in [2.24, 2.45) is 0 Å². The molecule has 9 heteroatoms. The summed E-state index contributed by atoms with van der Waals surface area (Å²) < 4.78 is 54.6. The first-order valence-corrected chi connectivity index (χ1v) is 5.15. The molecular weight excluding hydrogens is 272 g/mol. The molecule has 0 saturated heterocycles. The van der Waals surface area contributed by atoms with Crippen LogP contribution in [0.5, 0.6) is 0 Å². The zero-order valence-electron chi connectivity index (χ0n) is 9.54. The Morgan fingerprint density at radius 2 is 1.89 bits per heavy atom. The third-order valence-corrected chi connectivity index (χ3v) is 2.03. The highest BCUT2D eigenvalue weighted by Gasteiger charge is 2.16. The summed E-state index contributed by atoms with van der Waals surface area (Å²) >= 11 is 0. The van der Waals surface area contributed by atoms with Crippen LogP contribution < -0.4 is 5.32 Å². The minimum absolute atomic E-state index is 0.113. The predicted octanol–water partition coefficient (Wildman–Crippen LogP) is 2.57. The van der Waals surface area contributed by atoms with Gasteiger partial charge in [0.2, 0.25) is 0 Å². The lowest BCUT2D eigenvalue weighted by molar-refractivity contribution is -0.385. The standard InChI is InChI=1S/C10H10F4N2O3/c11-7-3-6(16(17)18)4-8(12)10(7)15-1-2-19-5-9(13)14/h3-4,9,15H,1-2,5H2. The van der Waals surface area contributed by atoms with Crippen molar-refractivity contribution in [3.8, 4) is 0 Å². The van der Waals surface area contributed by atoms with Crippen molar-refractivity contribution in [2.75, 3.05) is 25.1 Å². The van der Waals surface area contributed by atoms with Crippen molar-refractivity contribution in [3.63, 3.8) is 0 Å². The van der Waals surface area contributed by atoms with Crippen LogP contribution in [0.3, 0.4) is 0 Å². The number of nitro groups is 1. The summed E-state index contributed by atoms with van der Waals surface area (Å²) in [7, 11) is 0. The fourth-order valence-electron chi connectivity index (χ4n) is 1.25. The van der Waals surface area contributed by atoms with Crippen LogP contribution in [0.4, 0.5) is 28.9 Å². The second-order valence-electron chi connectivity index (χ2n) is 3.43. The Balaban J connectivity index is 2.57. The number of nitro benzene ring substituents is 1. The van der Waals surface area contributed by atoms with Crippen LogP contribution in [0.25, 0.3) is 0 Å². The number of rotatable bonds is 7. The normalized spacial score (nSPS) is 10.8. The fourth-order valence-corrected chi connectivity index (χ4v) is 1.25. The predicted molar refractivity (Wildman–Crippen MR) is 58.3 cm³/mol. The highest BCUT2D eigenvalue weighted by Crippen LogP contribution is 2.24. The highest BCUT2D eigenvalue weighted by atomic mass is 19.3. The molecule has 0 unspecified atom stereocenters. The number of nitrogens with zero attached hydrogens (tertiary/aromatic N) is 1. The Hall–Kier alpha value is -1.90. The van der Waals surface area contributed by atoms with E-state index in [4.69, 9.17) is 0 Å². The smallest absolute Gasteiger partial charge is 0.275 e. The molecule has 0 saturated carbocycles. The maximum Gasteiger partial charge on any atom is 0.275 e. The molecule has 5 nitrogen and oxygen atoms in total. The van der Waals surface area contributed by atoms with E-state index < -0.39 is 41.0 Å². The molecule has 0 fully saturated rings. The van der Waals surface area contributed by atoms with Gasteiger partial charge in [-0.1, -0.05) is 0 Å². The average Bonchev–Trinajstić information content (AvgIpc) is 2.30. The van der Waals surface area contributed by atoms with Crippen molar-refractivity contribution in [1.82, 2.24) is 0 Å². The van der Waals surface area contributed by atoms with Gasteiger partial charge >= 0.3 is 0 Å². The Labute approximate surface area is 105 Å². The van der Waals surface area contributed by atoms with E-state index in [0.717, 1.165) is 0 Å². The van der Waals surface area contributed by atoms with E-state index in [0.29, 0.717) is 12.1 Å². The topological polar surface area (TPSA) is 64.4 Å². The molecule has 1 rings (SSSR count). The summed E-state index contributed by atoms with van der Waals surface area (Å²) in [4.78, 5) is 9.41. The number of benzene rings is 1. The number of hydrogen-bond acceptors (Lipinski definition) is 4. The monoisotopic (exact) mass is 282 g/mol. The first kappa shape index (κ1) is 15.2. The Morgan fingerprint density at radius 3 is 2.37 bits per heavy atom. The van der Waals surface area contributed by atoms with Crippen molar-refractivity contribution < 1.29 is 27.2 Å². The molecule has 0 spiro atoms. The molecule has 0 aliphatic rings. The molecular formula is C10H10F4N2O3. The molecule has 0 aromatic heterocycles. The number of anilines is 1. The van der Waals surface area contributed by atoms with Crippen LogP contribution in [-0.4, -0.2) is 31.1 Å². The molecule has 1 aromatic rings. The summed E-state index contributed by atoms with van der Waals surface area (Å²) in [5.74, 6) is -2.28. The van der Waals surface area contributed by atoms with E-state index in [1.165, 1.54) is 0 Å². The number of ether oxygens (including phenoxy) is 1. The molecule has 0 bridgehead atoms. The average molecular weight is 282 g/mol. The summed E-state index contributed by atoms with van der Waals surface area (Å²) in [6.45, 7) is -1.06. The lowest BCUT2D eigenvalue weighted by Gasteiger charge is -2.09. The van der Waals surface area contributed by atoms with E-state index in [1.807, 2.05) is 0 Å². The van der Waals surface area contributed by atoms with Gasteiger partial charge in [-0.15, -0.1) is 0 Å². The minimum atomic E-state index is -2.62. The Bertz CT molecular complexity index is 433. The summed E-state index contributed by atoms with van der Waals surface area (Å²) in [6, 6.07) is 1.12. The van der Waals surface area contributed by atoms with Gasteiger partial charge in [-0.2, -0.15) is 0 Å². The second-order valence-corrected chi connectivity index (χ2v) is 3.43. The molecule has 19 heavy (non-hydrogen) atoms. The maximum atomic E-state index is 13.3. The number of alkyl halides is 2. The van der Waals surface area contributed by atoms with Gasteiger partial charge in [0.15, 0.2) is 11.6 Å². The maximum absolute atomic E-state index is 13.3. The number of halogens is 4. The largest absolute Gasteiger partial charge is 0.378 e. The van der Waals surface area contributed by atoms with Gasteiger partial charge in [0.05, 0.1) is 23.7 Å². The van der Waals surface area contributed by atoms with E-state index in [-0.39, 0.29) is 13.2 Å². The minimum Gasteiger partial charge on any atom is -0.378 e. The first-order valence-electron chi connectivity index (χ1n) is 5.15. The van der Waals surface area contributed by atoms with Crippen LogP contribution in [0.2, 0.25) is 0 Å². The van der Waals surface area contributed by atoms with Gasteiger partial charge < -0.3 is 10.1 Å². The molecule has 0 aliphatic heterocycles.